The van der Waals surface area contributed by atoms with Gasteiger partial charge in [-0.3, -0.25) is 9.36 Å². The van der Waals surface area contributed by atoms with E-state index in [4.69, 9.17) is 5.41 Å². The molecule has 2 aliphatic rings. The fraction of sp³-hybridized carbons (Fsp3) is 0.567. The molecule has 2 aliphatic carbocycles. The molecule has 2 saturated carbocycles. The van der Waals surface area contributed by atoms with Gasteiger partial charge in [0, 0.05) is 50.4 Å². The fourth-order valence-corrected chi connectivity index (χ4v) is 5.90. The quantitative estimate of drug-likeness (QED) is 0.151. The summed E-state index contributed by atoms with van der Waals surface area (Å²) >= 11 is 0. The predicted octanol–water partition coefficient (Wildman–Crippen LogP) is 4.48. The highest BCUT2D eigenvalue weighted by atomic mass is 19.1. The van der Waals surface area contributed by atoms with Crippen LogP contribution in [-0.2, 0) is 4.79 Å². The van der Waals surface area contributed by atoms with E-state index in [1.165, 1.54) is 12.1 Å². The summed E-state index contributed by atoms with van der Waals surface area (Å²) in [5.41, 5.74) is 0.401. The summed E-state index contributed by atoms with van der Waals surface area (Å²) in [4.78, 5) is 19.5. The van der Waals surface area contributed by atoms with Gasteiger partial charge in [0.2, 0.25) is 11.9 Å². The van der Waals surface area contributed by atoms with E-state index < -0.39 is 11.6 Å². The van der Waals surface area contributed by atoms with Crippen molar-refractivity contribution in [1.29, 1.82) is 5.41 Å². The van der Waals surface area contributed by atoms with Crippen LogP contribution >= 0.6 is 0 Å². The zero-order chi connectivity index (χ0) is 30.2. The van der Waals surface area contributed by atoms with Crippen LogP contribution in [0.5, 0.6) is 0 Å². The number of aliphatic hydroxyl groups is 1. The van der Waals surface area contributed by atoms with Crippen LogP contribution in [0, 0.1) is 23.0 Å². The van der Waals surface area contributed by atoms with E-state index in [0.717, 1.165) is 51.1 Å². The molecule has 42 heavy (non-hydrogen) atoms. The van der Waals surface area contributed by atoms with E-state index in [1.54, 1.807) is 4.90 Å². The van der Waals surface area contributed by atoms with Crippen molar-refractivity contribution in [2.24, 2.45) is 5.92 Å². The molecule has 1 heterocycles. The third kappa shape index (κ3) is 7.86. The average Bonchev–Trinajstić information content (AvgIpc) is 3.31. The minimum absolute atomic E-state index is 0.0645. The number of hydrogen-bond acceptors (Lipinski definition) is 8. The van der Waals surface area contributed by atoms with E-state index in [1.807, 2.05) is 18.5 Å². The molecule has 12 heteroatoms. The van der Waals surface area contributed by atoms with Gasteiger partial charge in [-0.1, -0.05) is 13.5 Å². The number of imidazole rings is 1. The van der Waals surface area contributed by atoms with Gasteiger partial charge >= 0.3 is 0 Å². The van der Waals surface area contributed by atoms with Crippen LogP contribution in [0.15, 0.2) is 30.6 Å². The third-order valence-electron chi connectivity index (χ3n) is 8.26. The summed E-state index contributed by atoms with van der Waals surface area (Å²) in [6.07, 6.45) is 6.65. The first-order valence-corrected chi connectivity index (χ1v) is 14.9. The van der Waals surface area contributed by atoms with Crippen molar-refractivity contribution in [2.75, 3.05) is 37.3 Å². The molecular formula is C30H44F2N8O2. The average molecular weight is 587 g/mol. The Bertz CT molecular complexity index is 1240. The molecule has 0 unspecified atom stereocenters. The lowest BCUT2D eigenvalue weighted by molar-refractivity contribution is -0.135. The Morgan fingerprint density at radius 1 is 1.19 bits per heavy atom. The monoisotopic (exact) mass is 586 g/mol. The fourth-order valence-electron chi connectivity index (χ4n) is 5.90. The molecule has 1 aromatic heterocycles. The Balaban J connectivity index is 1.55. The van der Waals surface area contributed by atoms with Crippen molar-refractivity contribution in [1.82, 2.24) is 25.1 Å². The summed E-state index contributed by atoms with van der Waals surface area (Å²) in [6, 6.07) is 3.37. The maximum Gasteiger partial charge on any atom is 0.225 e. The first kappa shape index (κ1) is 31.4. The normalized spacial score (nSPS) is 22.3. The van der Waals surface area contributed by atoms with E-state index in [2.05, 4.69) is 32.8 Å². The zero-order valence-electron chi connectivity index (χ0n) is 24.6. The van der Waals surface area contributed by atoms with Gasteiger partial charge in [0.25, 0.3) is 0 Å². The van der Waals surface area contributed by atoms with Gasteiger partial charge in [-0.25, -0.2) is 13.8 Å². The number of aliphatic hydroxyl groups excluding tert-OH is 1. The molecule has 4 rings (SSSR count). The minimum Gasteiger partial charge on any atom is -0.393 e. The van der Waals surface area contributed by atoms with Crippen LogP contribution in [0.25, 0.3) is 0 Å². The lowest BCUT2D eigenvalue weighted by Crippen LogP contribution is -2.39. The highest BCUT2D eigenvalue weighted by molar-refractivity contribution is 5.84. The first-order valence-electron chi connectivity index (χ1n) is 14.9. The van der Waals surface area contributed by atoms with Gasteiger partial charge in [-0.2, -0.15) is 0 Å². The molecule has 0 aliphatic heterocycles. The Hall–Kier alpha value is -3.51. The summed E-state index contributed by atoms with van der Waals surface area (Å²) in [5, 5.41) is 30.9. The van der Waals surface area contributed by atoms with Crippen LogP contribution in [0.1, 0.15) is 70.0 Å². The number of amides is 1. The van der Waals surface area contributed by atoms with Gasteiger partial charge in [0.15, 0.2) is 0 Å². The smallest absolute Gasteiger partial charge is 0.225 e. The Morgan fingerprint density at radius 3 is 2.55 bits per heavy atom. The molecule has 1 amide bonds. The van der Waals surface area contributed by atoms with Gasteiger partial charge in [-0.05, 0) is 70.0 Å². The van der Waals surface area contributed by atoms with Crippen molar-refractivity contribution in [3.63, 3.8) is 0 Å². The highest BCUT2D eigenvalue weighted by Crippen LogP contribution is 2.39. The molecule has 0 spiro atoms. The largest absolute Gasteiger partial charge is 0.393 e. The van der Waals surface area contributed by atoms with Gasteiger partial charge < -0.3 is 36.7 Å². The number of carbonyl (C=O) groups excluding carboxylic acids is 1. The van der Waals surface area contributed by atoms with E-state index in [0.29, 0.717) is 55.5 Å². The third-order valence-corrected chi connectivity index (χ3v) is 8.26. The van der Waals surface area contributed by atoms with E-state index in [-0.39, 0.29) is 35.7 Å². The predicted molar refractivity (Wildman–Crippen MR) is 161 cm³/mol. The van der Waals surface area contributed by atoms with Gasteiger partial charge in [0.05, 0.1) is 17.6 Å². The Labute approximate surface area is 246 Å². The number of benzene rings is 1. The van der Waals surface area contributed by atoms with Crippen LogP contribution in [-0.4, -0.2) is 70.5 Å². The van der Waals surface area contributed by atoms with Crippen molar-refractivity contribution < 1.29 is 18.7 Å². The number of nitrogens with one attached hydrogen (secondary N) is 5. The maximum atomic E-state index is 14.6. The molecule has 10 nitrogen and oxygen atoms in total. The second-order valence-electron chi connectivity index (χ2n) is 11.3. The number of anilines is 3. The number of carbonyl (C=O) groups is 1. The van der Waals surface area contributed by atoms with Crippen molar-refractivity contribution >= 4 is 29.6 Å². The molecule has 2 fully saturated rings. The number of rotatable bonds is 13. The molecule has 0 radical (unpaired) electrons. The van der Waals surface area contributed by atoms with Crippen molar-refractivity contribution in [2.45, 2.75) is 76.5 Å². The van der Waals surface area contributed by atoms with Crippen molar-refractivity contribution in [3.8, 4) is 0 Å². The molecule has 2 aromatic rings. The molecule has 0 bridgehead atoms. The number of likely N-dealkylation sites (N-methyl/N-ethyl adjacent to an activating group) is 2. The topological polar surface area (TPSA) is 130 Å². The Morgan fingerprint density at radius 2 is 1.90 bits per heavy atom. The lowest BCUT2D eigenvalue weighted by atomic mass is 9.85. The lowest BCUT2D eigenvalue weighted by Gasteiger charge is -2.33. The minimum atomic E-state index is -0.754. The Kier molecular flexibility index (Phi) is 10.9. The van der Waals surface area contributed by atoms with Crippen molar-refractivity contribution in [3.05, 3.63) is 47.9 Å². The summed E-state index contributed by atoms with van der Waals surface area (Å²) in [7, 11) is 1.84. The number of nitrogens with zero attached hydrogens (tertiary/aromatic N) is 3. The van der Waals surface area contributed by atoms with Crippen LogP contribution in [0.4, 0.5) is 26.2 Å². The van der Waals surface area contributed by atoms with Crippen LogP contribution < -0.4 is 21.3 Å². The zero-order valence-corrected chi connectivity index (χ0v) is 24.6. The van der Waals surface area contributed by atoms with E-state index >= 15 is 0 Å². The molecule has 230 valence electrons. The van der Waals surface area contributed by atoms with Gasteiger partial charge in [-0.15, -0.1) is 0 Å². The second-order valence-corrected chi connectivity index (χ2v) is 11.3. The summed E-state index contributed by atoms with van der Waals surface area (Å²) in [6.45, 7) is 8.44. The van der Waals surface area contributed by atoms with Crippen LogP contribution in [0.2, 0.25) is 0 Å². The van der Waals surface area contributed by atoms with Gasteiger partial charge in [0.1, 0.15) is 23.1 Å². The van der Waals surface area contributed by atoms with E-state index in [9.17, 15) is 18.7 Å². The number of hydrogen-bond donors (Lipinski definition) is 6. The standard InChI is InChI=1S/C30H44F2N8O2/c1-4-34-15-16-39(3)29(42)20-5-10-23(11-6-20)40-28(36-19(2)35-22-8-12-24(41)13-9-22)27(18-33)38-30(40)37-26-14-7-21(31)17-25(26)32/h7,14,17-18,20,22-24,33-36,41H,2,4-6,8-13,15-16H2,1,3H3,(H,37,38). The molecule has 6 N–H and O–H groups in total. The maximum absolute atomic E-state index is 14.6. The van der Waals surface area contributed by atoms with Crippen LogP contribution in [0.3, 0.4) is 0 Å². The highest BCUT2D eigenvalue weighted by Gasteiger charge is 2.32. The summed E-state index contributed by atoms with van der Waals surface area (Å²) in [5.74, 6) is -0.00701. The molecule has 1 aromatic carbocycles. The summed E-state index contributed by atoms with van der Waals surface area (Å²) < 4.78 is 30.1. The molecular weight excluding hydrogens is 542 g/mol. The number of halogens is 2. The molecule has 0 atom stereocenters. The SMILES string of the molecule is C=C(Nc1c(C=N)nc(Nc2ccc(F)cc2F)n1C1CCC(C(=O)N(C)CCNCC)CC1)NC1CCC(O)CC1. The second kappa shape index (κ2) is 14.6. The molecule has 0 saturated heterocycles. The number of aromatic nitrogens is 2. The first-order chi connectivity index (χ1) is 20.2.